The Morgan fingerprint density at radius 2 is 1.73 bits per heavy atom. The molecule has 0 aliphatic heterocycles. The lowest BCUT2D eigenvalue weighted by molar-refractivity contribution is 0.554. The van der Waals surface area contributed by atoms with E-state index in [9.17, 15) is 0 Å². The fourth-order valence-corrected chi connectivity index (χ4v) is 1.85. The first-order valence-corrected chi connectivity index (χ1v) is 5.54. The molecule has 0 saturated heterocycles. The normalized spacial score (nSPS) is 12.9. The van der Waals surface area contributed by atoms with Gasteiger partial charge in [0.1, 0.15) is 0 Å². The maximum absolute atomic E-state index is 5.57. The van der Waals surface area contributed by atoms with Crippen LogP contribution < -0.4 is 11.1 Å². The van der Waals surface area contributed by atoms with Crippen LogP contribution in [0.4, 0.5) is 0 Å². The Morgan fingerprint density at radius 1 is 1.20 bits per heavy atom. The fourth-order valence-electron chi connectivity index (χ4n) is 1.85. The SMILES string of the molecule is Cc1cc(C)c(CN[C@@H](C)CN)c(C)c1. The van der Waals surface area contributed by atoms with Gasteiger partial charge in [-0.05, 0) is 44.4 Å². The molecule has 0 radical (unpaired) electrons. The van der Waals surface area contributed by atoms with Crippen molar-refractivity contribution in [3.63, 3.8) is 0 Å². The molecule has 1 aromatic carbocycles. The van der Waals surface area contributed by atoms with Crippen LogP contribution in [0.5, 0.6) is 0 Å². The minimum Gasteiger partial charge on any atom is -0.329 e. The van der Waals surface area contributed by atoms with Crippen LogP contribution in [0.25, 0.3) is 0 Å². The van der Waals surface area contributed by atoms with E-state index in [1.807, 2.05) is 0 Å². The summed E-state index contributed by atoms with van der Waals surface area (Å²) < 4.78 is 0. The van der Waals surface area contributed by atoms with E-state index >= 15 is 0 Å². The Morgan fingerprint density at radius 3 is 2.20 bits per heavy atom. The van der Waals surface area contributed by atoms with Crippen LogP contribution in [0.15, 0.2) is 12.1 Å². The molecule has 1 atom stereocenters. The van der Waals surface area contributed by atoms with E-state index in [4.69, 9.17) is 5.73 Å². The Balaban J connectivity index is 2.77. The van der Waals surface area contributed by atoms with Gasteiger partial charge in [-0.15, -0.1) is 0 Å². The highest BCUT2D eigenvalue weighted by Gasteiger charge is 2.05. The molecule has 0 aromatic heterocycles. The molecule has 1 aromatic rings. The minimum atomic E-state index is 0.380. The number of aryl methyl sites for hydroxylation is 3. The zero-order chi connectivity index (χ0) is 11.4. The molecule has 1 rings (SSSR count). The Kier molecular flexibility index (Phi) is 4.30. The molecule has 0 heterocycles. The molecule has 0 unspecified atom stereocenters. The lowest BCUT2D eigenvalue weighted by atomic mass is 10.00. The van der Waals surface area contributed by atoms with Gasteiger partial charge in [0.2, 0.25) is 0 Å². The summed E-state index contributed by atoms with van der Waals surface area (Å²) in [4.78, 5) is 0. The summed E-state index contributed by atoms with van der Waals surface area (Å²) in [6, 6.07) is 4.85. The van der Waals surface area contributed by atoms with Gasteiger partial charge in [-0.2, -0.15) is 0 Å². The molecule has 0 spiro atoms. The maximum atomic E-state index is 5.57. The number of hydrogen-bond donors (Lipinski definition) is 2. The third-order valence-corrected chi connectivity index (χ3v) is 2.82. The smallest absolute Gasteiger partial charge is 0.0213 e. The van der Waals surface area contributed by atoms with E-state index in [2.05, 4.69) is 45.1 Å². The summed E-state index contributed by atoms with van der Waals surface area (Å²) in [6.45, 7) is 10.2. The zero-order valence-corrected chi connectivity index (χ0v) is 10.2. The topological polar surface area (TPSA) is 38.0 Å². The molecule has 0 fully saturated rings. The number of nitrogens with one attached hydrogen (secondary N) is 1. The molecule has 3 N–H and O–H groups in total. The monoisotopic (exact) mass is 206 g/mol. The van der Waals surface area contributed by atoms with Crippen molar-refractivity contribution < 1.29 is 0 Å². The van der Waals surface area contributed by atoms with Gasteiger partial charge in [-0.1, -0.05) is 17.7 Å². The molecule has 84 valence electrons. The molecule has 0 amide bonds. The Hall–Kier alpha value is -0.860. The van der Waals surface area contributed by atoms with Crippen LogP contribution in [-0.2, 0) is 6.54 Å². The number of benzene rings is 1. The van der Waals surface area contributed by atoms with E-state index in [-0.39, 0.29) is 0 Å². The molecule has 2 nitrogen and oxygen atoms in total. The van der Waals surface area contributed by atoms with Gasteiger partial charge in [-0.25, -0.2) is 0 Å². The summed E-state index contributed by atoms with van der Waals surface area (Å²) in [5.74, 6) is 0. The third kappa shape index (κ3) is 3.33. The van der Waals surface area contributed by atoms with Gasteiger partial charge in [0.25, 0.3) is 0 Å². The van der Waals surface area contributed by atoms with Gasteiger partial charge in [-0.3, -0.25) is 0 Å². The Bertz CT molecular complexity index is 308. The van der Waals surface area contributed by atoms with Crippen LogP contribution in [-0.4, -0.2) is 12.6 Å². The summed E-state index contributed by atoms with van der Waals surface area (Å²) in [7, 11) is 0. The molecule has 0 aliphatic rings. The van der Waals surface area contributed by atoms with Crippen molar-refractivity contribution in [3.8, 4) is 0 Å². The first-order valence-electron chi connectivity index (χ1n) is 5.54. The van der Waals surface area contributed by atoms with Crippen molar-refractivity contribution in [2.45, 2.75) is 40.3 Å². The number of nitrogens with two attached hydrogens (primary N) is 1. The van der Waals surface area contributed by atoms with E-state index < -0.39 is 0 Å². The fraction of sp³-hybridized carbons (Fsp3) is 0.538. The van der Waals surface area contributed by atoms with Crippen molar-refractivity contribution in [2.24, 2.45) is 5.73 Å². The summed E-state index contributed by atoms with van der Waals surface area (Å²) >= 11 is 0. The van der Waals surface area contributed by atoms with Crippen LogP contribution >= 0.6 is 0 Å². The van der Waals surface area contributed by atoms with E-state index in [0.717, 1.165) is 6.54 Å². The quantitative estimate of drug-likeness (QED) is 0.791. The van der Waals surface area contributed by atoms with E-state index in [1.165, 1.54) is 22.3 Å². The maximum Gasteiger partial charge on any atom is 0.0213 e. The lowest BCUT2D eigenvalue weighted by Gasteiger charge is -2.15. The van der Waals surface area contributed by atoms with Gasteiger partial charge in [0.05, 0.1) is 0 Å². The second-order valence-electron chi connectivity index (χ2n) is 4.39. The second-order valence-corrected chi connectivity index (χ2v) is 4.39. The van der Waals surface area contributed by atoms with Crippen LogP contribution in [0.2, 0.25) is 0 Å². The molecule has 0 bridgehead atoms. The van der Waals surface area contributed by atoms with Crippen molar-refractivity contribution in [1.29, 1.82) is 0 Å². The average molecular weight is 206 g/mol. The largest absolute Gasteiger partial charge is 0.329 e. The standard InChI is InChI=1S/C13H22N2/c1-9-5-10(2)13(11(3)6-9)8-15-12(4)7-14/h5-6,12,15H,7-8,14H2,1-4H3/t12-/m0/s1. The van der Waals surface area contributed by atoms with Crippen LogP contribution in [0, 0.1) is 20.8 Å². The van der Waals surface area contributed by atoms with Crippen molar-refractivity contribution in [2.75, 3.05) is 6.54 Å². The summed E-state index contributed by atoms with van der Waals surface area (Å²) in [5.41, 5.74) is 11.0. The molecular weight excluding hydrogens is 184 g/mol. The van der Waals surface area contributed by atoms with Gasteiger partial charge in [0.15, 0.2) is 0 Å². The number of hydrogen-bond acceptors (Lipinski definition) is 2. The first kappa shape index (κ1) is 12.2. The van der Waals surface area contributed by atoms with Crippen molar-refractivity contribution in [3.05, 3.63) is 34.4 Å². The summed E-state index contributed by atoms with van der Waals surface area (Å²) in [5, 5.41) is 3.42. The highest BCUT2D eigenvalue weighted by atomic mass is 14.9. The highest BCUT2D eigenvalue weighted by molar-refractivity contribution is 5.37. The van der Waals surface area contributed by atoms with E-state index in [0.29, 0.717) is 12.6 Å². The number of rotatable bonds is 4. The first-order chi connectivity index (χ1) is 7.04. The molecule has 15 heavy (non-hydrogen) atoms. The van der Waals surface area contributed by atoms with Gasteiger partial charge < -0.3 is 11.1 Å². The van der Waals surface area contributed by atoms with Crippen molar-refractivity contribution >= 4 is 0 Å². The van der Waals surface area contributed by atoms with Crippen LogP contribution in [0.3, 0.4) is 0 Å². The highest BCUT2D eigenvalue weighted by Crippen LogP contribution is 2.16. The lowest BCUT2D eigenvalue weighted by Crippen LogP contribution is -2.33. The average Bonchev–Trinajstić information content (AvgIpc) is 2.15. The molecule has 0 saturated carbocycles. The Labute approximate surface area is 92.9 Å². The zero-order valence-electron chi connectivity index (χ0n) is 10.2. The second kappa shape index (κ2) is 5.29. The van der Waals surface area contributed by atoms with Gasteiger partial charge >= 0.3 is 0 Å². The summed E-state index contributed by atoms with van der Waals surface area (Å²) in [6.07, 6.45) is 0. The van der Waals surface area contributed by atoms with E-state index in [1.54, 1.807) is 0 Å². The third-order valence-electron chi connectivity index (χ3n) is 2.82. The molecular formula is C13H22N2. The minimum absolute atomic E-state index is 0.380. The molecule has 0 aliphatic carbocycles. The van der Waals surface area contributed by atoms with Crippen molar-refractivity contribution in [1.82, 2.24) is 5.32 Å². The predicted octanol–water partition coefficient (Wildman–Crippen LogP) is 2.05. The molecule has 2 heteroatoms. The van der Waals surface area contributed by atoms with Gasteiger partial charge in [0, 0.05) is 19.1 Å². The van der Waals surface area contributed by atoms with Crippen LogP contribution in [0.1, 0.15) is 29.2 Å². The predicted molar refractivity (Wildman–Crippen MR) is 66.0 cm³/mol.